The second-order valence-electron chi connectivity index (χ2n) is 4.57. The Morgan fingerprint density at radius 1 is 1.60 bits per heavy atom. The second kappa shape index (κ2) is 5.55. The normalized spacial score (nSPS) is 15.1. The van der Waals surface area contributed by atoms with Crippen LogP contribution < -0.4 is 5.32 Å². The third kappa shape index (κ3) is 2.72. The molecule has 0 saturated carbocycles. The molecule has 20 heavy (non-hydrogen) atoms. The first kappa shape index (κ1) is 13.6. The van der Waals surface area contributed by atoms with Gasteiger partial charge in [-0.3, -0.25) is 15.0 Å². The molecule has 7 heteroatoms. The summed E-state index contributed by atoms with van der Waals surface area (Å²) in [7, 11) is 0. The van der Waals surface area contributed by atoms with E-state index in [9.17, 15) is 4.79 Å². The van der Waals surface area contributed by atoms with Crippen LogP contribution >= 0.6 is 22.9 Å². The van der Waals surface area contributed by atoms with E-state index in [0.717, 1.165) is 31.7 Å². The Morgan fingerprint density at radius 2 is 2.45 bits per heavy atom. The molecule has 1 aliphatic heterocycles. The number of hydrogen-bond acceptors (Lipinski definition) is 5. The fraction of sp³-hybridized carbons (Fsp3) is 0.385. The molecule has 0 radical (unpaired) electrons. The van der Waals surface area contributed by atoms with Gasteiger partial charge in [0, 0.05) is 24.4 Å². The maximum absolute atomic E-state index is 12.0. The fourth-order valence-electron chi connectivity index (χ4n) is 2.17. The van der Waals surface area contributed by atoms with E-state index in [0.29, 0.717) is 5.13 Å². The summed E-state index contributed by atoms with van der Waals surface area (Å²) in [6.45, 7) is 5.11. The first-order valence-corrected chi connectivity index (χ1v) is 7.62. The summed E-state index contributed by atoms with van der Waals surface area (Å²) in [6, 6.07) is 3.09. The molecule has 2 aromatic rings. The van der Waals surface area contributed by atoms with Gasteiger partial charge < -0.3 is 4.42 Å². The lowest BCUT2D eigenvalue weighted by molar-refractivity contribution is 0.0996. The number of halogens is 1. The van der Waals surface area contributed by atoms with Gasteiger partial charge in [0.25, 0.3) is 5.91 Å². The Morgan fingerprint density at radius 3 is 3.15 bits per heavy atom. The van der Waals surface area contributed by atoms with Crippen molar-refractivity contribution in [1.82, 2.24) is 9.88 Å². The van der Waals surface area contributed by atoms with Gasteiger partial charge in [-0.25, -0.2) is 4.98 Å². The number of anilines is 1. The van der Waals surface area contributed by atoms with Crippen LogP contribution in [-0.4, -0.2) is 28.9 Å². The molecule has 3 rings (SSSR count). The van der Waals surface area contributed by atoms with Gasteiger partial charge in [-0.1, -0.05) is 6.92 Å². The maximum Gasteiger partial charge on any atom is 0.293 e. The standard InChI is InChI=1S/C13H14ClN3O2S/c1-2-17-6-5-8-10(7-17)20-13(15-8)16-12(18)9-3-4-11(14)19-9/h3-4H,2,5-7H2,1H3,(H,15,16,18). The van der Waals surface area contributed by atoms with Crippen molar-refractivity contribution in [3.8, 4) is 0 Å². The zero-order chi connectivity index (χ0) is 14.1. The minimum atomic E-state index is -0.324. The van der Waals surface area contributed by atoms with E-state index in [-0.39, 0.29) is 16.9 Å². The smallest absolute Gasteiger partial charge is 0.293 e. The Labute approximate surface area is 125 Å². The quantitative estimate of drug-likeness (QED) is 0.946. The van der Waals surface area contributed by atoms with Crippen LogP contribution in [0.1, 0.15) is 28.0 Å². The van der Waals surface area contributed by atoms with Crippen molar-refractivity contribution in [3.63, 3.8) is 0 Å². The molecule has 0 spiro atoms. The van der Waals surface area contributed by atoms with E-state index < -0.39 is 0 Å². The molecule has 1 aliphatic rings. The first-order chi connectivity index (χ1) is 9.65. The lowest BCUT2D eigenvalue weighted by atomic mass is 10.2. The zero-order valence-corrected chi connectivity index (χ0v) is 12.6. The van der Waals surface area contributed by atoms with Gasteiger partial charge in [0.1, 0.15) is 0 Å². The average Bonchev–Trinajstić information content (AvgIpc) is 3.03. The maximum atomic E-state index is 12.0. The number of rotatable bonds is 3. The van der Waals surface area contributed by atoms with Gasteiger partial charge in [0.05, 0.1) is 5.69 Å². The third-order valence-corrected chi connectivity index (χ3v) is 4.48. The number of thiazole rings is 1. The monoisotopic (exact) mass is 311 g/mol. The summed E-state index contributed by atoms with van der Waals surface area (Å²) in [4.78, 5) is 20.0. The van der Waals surface area contributed by atoms with Crippen LogP contribution in [0.5, 0.6) is 0 Å². The minimum absolute atomic E-state index is 0.193. The van der Waals surface area contributed by atoms with Crippen molar-refractivity contribution in [3.05, 3.63) is 33.7 Å². The molecular formula is C13H14ClN3O2S. The topological polar surface area (TPSA) is 58.4 Å². The first-order valence-electron chi connectivity index (χ1n) is 6.43. The lowest BCUT2D eigenvalue weighted by Gasteiger charge is -2.23. The molecule has 1 N–H and O–H groups in total. The van der Waals surface area contributed by atoms with E-state index in [4.69, 9.17) is 16.0 Å². The number of amides is 1. The van der Waals surface area contributed by atoms with Crippen LogP contribution in [0.15, 0.2) is 16.5 Å². The molecule has 0 aromatic carbocycles. The minimum Gasteiger partial charge on any atom is -0.440 e. The summed E-state index contributed by atoms with van der Waals surface area (Å²) in [5.74, 6) is -0.131. The van der Waals surface area contributed by atoms with E-state index in [2.05, 4.69) is 22.1 Å². The Hall–Kier alpha value is -1.37. The number of fused-ring (bicyclic) bond motifs is 1. The highest BCUT2D eigenvalue weighted by Crippen LogP contribution is 2.28. The van der Waals surface area contributed by atoms with Gasteiger partial charge in [-0.15, -0.1) is 11.3 Å². The Bertz CT molecular complexity index is 637. The molecule has 0 bridgehead atoms. The summed E-state index contributed by atoms with van der Waals surface area (Å²) in [6.07, 6.45) is 0.933. The van der Waals surface area contributed by atoms with E-state index in [1.54, 1.807) is 12.1 Å². The van der Waals surface area contributed by atoms with Crippen molar-refractivity contribution >= 4 is 34.0 Å². The molecule has 0 unspecified atom stereocenters. The summed E-state index contributed by atoms with van der Waals surface area (Å²) < 4.78 is 5.08. The van der Waals surface area contributed by atoms with Gasteiger partial charge in [0.2, 0.25) is 0 Å². The molecular weight excluding hydrogens is 298 g/mol. The number of nitrogens with one attached hydrogen (secondary N) is 1. The van der Waals surface area contributed by atoms with Crippen LogP contribution in [0.25, 0.3) is 0 Å². The lowest BCUT2D eigenvalue weighted by Crippen LogP contribution is -2.29. The van der Waals surface area contributed by atoms with Gasteiger partial charge in [-0.2, -0.15) is 0 Å². The molecule has 0 fully saturated rings. The summed E-state index contributed by atoms with van der Waals surface area (Å²) in [5.41, 5.74) is 1.09. The van der Waals surface area contributed by atoms with Crippen molar-refractivity contribution < 1.29 is 9.21 Å². The highest BCUT2D eigenvalue weighted by Gasteiger charge is 2.21. The third-order valence-electron chi connectivity index (χ3n) is 3.27. The number of likely N-dealkylation sites (N-methyl/N-ethyl adjacent to an activating group) is 1. The SMILES string of the molecule is CCN1CCc2nc(NC(=O)c3ccc(Cl)o3)sc2C1. The van der Waals surface area contributed by atoms with Crippen LogP contribution in [0, 0.1) is 0 Å². The number of furan rings is 1. The van der Waals surface area contributed by atoms with Crippen molar-refractivity contribution in [2.45, 2.75) is 19.9 Å². The highest BCUT2D eigenvalue weighted by atomic mass is 35.5. The predicted molar refractivity (Wildman–Crippen MR) is 78.4 cm³/mol. The van der Waals surface area contributed by atoms with Crippen LogP contribution in [-0.2, 0) is 13.0 Å². The molecule has 5 nitrogen and oxygen atoms in total. The van der Waals surface area contributed by atoms with Crippen molar-refractivity contribution in [2.75, 3.05) is 18.4 Å². The highest BCUT2D eigenvalue weighted by molar-refractivity contribution is 7.15. The van der Waals surface area contributed by atoms with Gasteiger partial charge in [0.15, 0.2) is 16.1 Å². The van der Waals surface area contributed by atoms with E-state index in [1.807, 2.05) is 0 Å². The Balaban J connectivity index is 1.73. The van der Waals surface area contributed by atoms with Crippen LogP contribution in [0.2, 0.25) is 5.22 Å². The molecule has 0 saturated heterocycles. The number of carbonyl (C=O) groups is 1. The van der Waals surface area contributed by atoms with E-state index in [1.165, 1.54) is 16.2 Å². The van der Waals surface area contributed by atoms with Gasteiger partial charge in [-0.05, 0) is 30.3 Å². The zero-order valence-electron chi connectivity index (χ0n) is 11.0. The molecule has 0 aliphatic carbocycles. The molecule has 106 valence electrons. The molecule has 3 heterocycles. The second-order valence-corrected chi connectivity index (χ2v) is 6.02. The average molecular weight is 312 g/mol. The number of aromatic nitrogens is 1. The molecule has 1 amide bonds. The van der Waals surface area contributed by atoms with Crippen LogP contribution in [0.4, 0.5) is 5.13 Å². The van der Waals surface area contributed by atoms with E-state index >= 15 is 0 Å². The predicted octanol–water partition coefficient (Wildman–Crippen LogP) is 3.02. The molecule has 2 aromatic heterocycles. The summed E-state index contributed by atoms with van der Waals surface area (Å²) in [5, 5.41) is 3.58. The Kier molecular flexibility index (Phi) is 3.78. The number of hydrogen-bond donors (Lipinski definition) is 1. The molecule has 0 atom stereocenters. The van der Waals surface area contributed by atoms with Crippen molar-refractivity contribution in [1.29, 1.82) is 0 Å². The number of nitrogens with zero attached hydrogens (tertiary/aromatic N) is 2. The van der Waals surface area contributed by atoms with Crippen molar-refractivity contribution in [2.24, 2.45) is 0 Å². The van der Waals surface area contributed by atoms with Crippen LogP contribution in [0.3, 0.4) is 0 Å². The fourth-order valence-corrected chi connectivity index (χ4v) is 3.36. The van der Waals surface area contributed by atoms with Gasteiger partial charge >= 0.3 is 0 Å². The largest absolute Gasteiger partial charge is 0.440 e. The summed E-state index contributed by atoms with van der Waals surface area (Å²) >= 11 is 7.18. The number of carbonyl (C=O) groups excluding carboxylic acids is 1.